The van der Waals surface area contributed by atoms with Gasteiger partial charge in [0.2, 0.25) is 11.8 Å². The Morgan fingerprint density at radius 2 is 1.82 bits per heavy atom. The number of anilines is 1. The first kappa shape index (κ1) is 35.5. The standard InChI is InChI=1S/C39H42BrN3O7/c1-4-6-16-31(45)41-22-30(26-13-8-7-9-14-26)49-38(48)32-33-36(46)43(24(3)23-44)35(39(33)21-29(40)34(32)50-39)37(47)42(19-5-2)28-18-17-25-12-10-11-15-27(25)20-28/h4-5,7-15,17-18,20,24,29-30,32-35,44H,1-2,6,16,19,21-23H2,3H3,(H,41,45)/t24-,29?,30-,32-,33+,34-,35-,39+/m1/s1. The summed E-state index contributed by atoms with van der Waals surface area (Å²) >= 11 is 3.71. The van der Waals surface area contributed by atoms with Crippen LogP contribution in [-0.4, -0.2) is 82.0 Å². The van der Waals surface area contributed by atoms with Crippen molar-refractivity contribution in [3.8, 4) is 0 Å². The summed E-state index contributed by atoms with van der Waals surface area (Å²) < 4.78 is 12.8. The molecule has 262 valence electrons. The number of amides is 3. The van der Waals surface area contributed by atoms with Crippen molar-refractivity contribution in [2.24, 2.45) is 11.8 Å². The van der Waals surface area contributed by atoms with Gasteiger partial charge in [-0.15, -0.1) is 13.2 Å². The van der Waals surface area contributed by atoms with Crippen molar-refractivity contribution >= 4 is 56.1 Å². The Labute approximate surface area is 300 Å². The molecule has 2 bridgehead atoms. The number of halogens is 1. The summed E-state index contributed by atoms with van der Waals surface area (Å²) in [5.74, 6) is -3.77. The summed E-state index contributed by atoms with van der Waals surface area (Å²) in [5, 5.41) is 15.1. The van der Waals surface area contributed by atoms with Gasteiger partial charge in [-0.2, -0.15) is 0 Å². The van der Waals surface area contributed by atoms with E-state index in [1.54, 1.807) is 36.1 Å². The van der Waals surface area contributed by atoms with E-state index in [-0.39, 0.29) is 30.2 Å². The van der Waals surface area contributed by atoms with E-state index < -0.39 is 66.1 Å². The fourth-order valence-corrected chi connectivity index (χ4v) is 8.71. The molecule has 3 heterocycles. The number of aliphatic hydroxyl groups is 1. The first-order valence-corrected chi connectivity index (χ1v) is 17.9. The molecular formula is C39H42BrN3O7. The molecule has 3 fully saturated rings. The average molecular weight is 745 g/mol. The van der Waals surface area contributed by atoms with Crippen LogP contribution in [0.3, 0.4) is 0 Å². The predicted molar refractivity (Wildman–Crippen MR) is 193 cm³/mol. The topological polar surface area (TPSA) is 125 Å². The Balaban J connectivity index is 1.34. The van der Waals surface area contributed by atoms with Gasteiger partial charge in [-0.05, 0) is 48.2 Å². The number of allylic oxidation sites excluding steroid dienone is 1. The number of likely N-dealkylation sites (tertiary alicyclic amines) is 1. The van der Waals surface area contributed by atoms with Crippen LogP contribution >= 0.6 is 15.9 Å². The van der Waals surface area contributed by atoms with Gasteiger partial charge in [0.25, 0.3) is 5.91 Å². The third-order valence-electron chi connectivity index (χ3n) is 10.1. The number of rotatable bonds is 14. The zero-order valence-electron chi connectivity index (χ0n) is 28.0. The second-order valence-electron chi connectivity index (χ2n) is 13.2. The molecule has 2 N–H and O–H groups in total. The lowest BCUT2D eigenvalue weighted by Crippen LogP contribution is -2.58. The van der Waals surface area contributed by atoms with E-state index in [9.17, 15) is 24.3 Å². The van der Waals surface area contributed by atoms with Crippen molar-refractivity contribution in [3.63, 3.8) is 0 Å². The van der Waals surface area contributed by atoms with Crippen LogP contribution in [0.2, 0.25) is 0 Å². The van der Waals surface area contributed by atoms with Crippen molar-refractivity contribution in [2.45, 2.75) is 60.9 Å². The molecule has 3 saturated heterocycles. The van der Waals surface area contributed by atoms with Crippen molar-refractivity contribution in [1.29, 1.82) is 0 Å². The second-order valence-corrected chi connectivity index (χ2v) is 14.4. The molecule has 3 aromatic rings. The van der Waals surface area contributed by atoms with E-state index >= 15 is 0 Å². The van der Waals surface area contributed by atoms with Crippen molar-refractivity contribution in [3.05, 3.63) is 104 Å². The SMILES string of the molecule is C=CCCC(=O)NC[C@@H](OC(=O)[C@H]1[C@@H]2O[C@@]3(CC2Br)[C@@H]1C(=O)N([C@H](C)CO)[C@@H]3C(=O)N(CC=C)c1ccc2ccccc2c1)c1ccccc1. The van der Waals surface area contributed by atoms with Crippen LogP contribution in [0.15, 0.2) is 98.1 Å². The maximum atomic E-state index is 14.9. The number of benzene rings is 3. The number of carbonyl (C=O) groups is 4. The number of nitrogens with one attached hydrogen (secondary N) is 1. The lowest BCUT2D eigenvalue weighted by molar-refractivity contribution is -0.160. The zero-order valence-corrected chi connectivity index (χ0v) is 29.5. The van der Waals surface area contributed by atoms with Crippen LogP contribution in [0.5, 0.6) is 0 Å². The van der Waals surface area contributed by atoms with Crippen molar-refractivity contribution in [2.75, 3.05) is 24.6 Å². The van der Waals surface area contributed by atoms with Crippen LogP contribution in [-0.2, 0) is 28.7 Å². The highest BCUT2D eigenvalue weighted by molar-refractivity contribution is 9.09. The number of esters is 1. The van der Waals surface area contributed by atoms with Crippen LogP contribution in [0, 0.1) is 11.8 Å². The van der Waals surface area contributed by atoms with Gasteiger partial charge in [0.05, 0.1) is 37.1 Å². The highest BCUT2D eigenvalue weighted by atomic mass is 79.9. The highest BCUT2D eigenvalue weighted by Crippen LogP contribution is 2.61. The largest absolute Gasteiger partial charge is 0.455 e. The van der Waals surface area contributed by atoms with Crippen molar-refractivity contribution in [1.82, 2.24) is 10.2 Å². The second kappa shape index (κ2) is 14.9. The first-order chi connectivity index (χ1) is 24.1. The van der Waals surface area contributed by atoms with E-state index in [0.29, 0.717) is 24.1 Å². The Kier molecular flexibility index (Phi) is 10.6. The number of hydrogen-bond donors (Lipinski definition) is 2. The number of nitrogens with zero attached hydrogens (tertiary/aromatic N) is 2. The minimum atomic E-state index is -1.36. The fraction of sp³-hybridized carbons (Fsp3) is 0.385. The molecule has 3 aliphatic rings. The lowest BCUT2D eigenvalue weighted by atomic mass is 9.70. The summed E-state index contributed by atoms with van der Waals surface area (Å²) in [6, 6.07) is 20.7. The molecule has 10 nitrogen and oxygen atoms in total. The molecule has 3 aromatic carbocycles. The summed E-state index contributed by atoms with van der Waals surface area (Å²) in [4.78, 5) is 58.8. The molecule has 0 aromatic heterocycles. The molecule has 1 unspecified atom stereocenters. The zero-order chi connectivity index (χ0) is 35.6. The maximum Gasteiger partial charge on any atom is 0.313 e. The Morgan fingerprint density at radius 1 is 1.10 bits per heavy atom. The average Bonchev–Trinajstić information content (AvgIpc) is 3.73. The molecule has 11 heteroatoms. The Hall–Kier alpha value is -4.32. The smallest absolute Gasteiger partial charge is 0.313 e. The molecule has 0 saturated carbocycles. The molecule has 8 atom stereocenters. The Bertz CT molecular complexity index is 1790. The normalized spacial score (nSPS) is 26.3. The summed E-state index contributed by atoms with van der Waals surface area (Å²) in [7, 11) is 0. The summed E-state index contributed by atoms with van der Waals surface area (Å²) in [6.07, 6.45) is 2.76. The number of ether oxygens (including phenoxy) is 2. The van der Waals surface area contributed by atoms with Gasteiger partial charge in [0, 0.05) is 23.5 Å². The van der Waals surface area contributed by atoms with Crippen LogP contribution < -0.4 is 10.2 Å². The van der Waals surface area contributed by atoms with Crippen LogP contribution in [0.1, 0.15) is 37.9 Å². The number of hydrogen-bond acceptors (Lipinski definition) is 7. The van der Waals surface area contributed by atoms with E-state index in [1.165, 1.54) is 4.90 Å². The first-order valence-electron chi connectivity index (χ1n) is 16.9. The van der Waals surface area contributed by atoms with Gasteiger partial charge in [0.1, 0.15) is 17.7 Å². The molecule has 6 rings (SSSR count). The van der Waals surface area contributed by atoms with Gasteiger partial charge < -0.3 is 29.7 Å². The number of fused-ring (bicyclic) bond motifs is 2. The van der Waals surface area contributed by atoms with E-state index in [4.69, 9.17) is 9.47 Å². The minimum absolute atomic E-state index is 0.0303. The highest BCUT2D eigenvalue weighted by Gasteiger charge is 2.77. The molecule has 50 heavy (non-hydrogen) atoms. The minimum Gasteiger partial charge on any atom is -0.455 e. The van der Waals surface area contributed by atoms with E-state index in [2.05, 4.69) is 34.4 Å². The molecule has 0 radical (unpaired) electrons. The predicted octanol–water partition coefficient (Wildman–Crippen LogP) is 4.85. The third-order valence-corrected chi connectivity index (χ3v) is 10.9. The molecule has 3 aliphatic heterocycles. The van der Waals surface area contributed by atoms with Gasteiger partial charge in [-0.1, -0.05) is 88.7 Å². The van der Waals surface area contributed by atoms with E-state index in [0.717, 1.165) is 10.8 Å². The molecule has 0 aliphatic carbocycles. The number of aliphatic hydroxyl groups excluding tert-OH is 1. The quantitative estimate of drug-likeness (QED) is 0.137. The molecular weight excluding hydrogens is 702 g/mol. The monoisotopic (exact) mass is 743 g/mol. The van der Waals surface area contributed by atoms with Crippen molar-refractivity contribution < 1.29 is 33.8 Å². The van der Waals surface area contributed by atoms with Gasteiger partial charge in [-0.3, -0.25) is 19.2 Å². The van der Waals surface area contributed by atoms with Gasteiger partial charge >= 0.3 is 5.97 Å². The maximum absolute atomic E-state index is 14.9. The molecule has 3 amide bonds. The van der Waals surface area contributed by atoms with Crippen LogP contribution in [0.4, 0.5) is 5.69 Å². The summed E-state index contributed by atoms with van der Waals surface area (Å²) in [5.41, 5.74) is -0.0644. The molecule has 1 spiro atoms. The Morgan fingerprint density at radius 3 is 2.52 bits per heavy atom. The van der Waals surface area contributed by atoms with E-state index in [1.807, 2.05) is 60.7 Å². The lowest BCUT2D eigenvalue weighted by Gasteiger charge is -2.38. The number of alkyl halides is 1. The number of carbonyl (C=O) groups excluding carboxylic acids is 4. The summed E-state index contributed by atoms with van der Waals surface area (Å²) in [6.45, 7) is 9.02. The van der Waals surface area contributed by atoms with Gasteiger partial charge in [0.15, 0.2) is 0 Å². The van der Waals surface area contributed by atoms with Crippen LogP contribution in [0.25, 0.3) is 10.8 Å². The fourth-order valence-electron chi connectivity index (χ4n) is 7.76. The third kappa shape index (κ3) is 6.38. The van der Waals surface area contributed by atoms with Gasteiger partial charge in [-0.25, -0.2) is 0 Å².